The first-order valence-corrected chi connectivity index (χ1v) is 12.5. The van der Waals surface area contributed by atoms with Crippen molar-refractivity contribution in [1.29, 1.82) is 0 Å². The summed E-state index contributed by atoms with van der Waals surface area (Å²) in [5.74, 6) is -1.07. The van der Waals surface area contributed by atoms with Crippen molar-refractivity contribution >= 4 is 31.8 Å². The molecule has 1 fully saturated rings. The molecule has 0 aromatic heterocycles. The molecule has 1 aromatic rings. The van der Waals surface area contributed by atoms with Gasteiger partial charge in [0.05, 0.1) is 0 Å². The minimum absolute atomic E-state index is 0.360. The van der Waals surface area contributed by atoms with Crippen molar-refractivity contribution in [3.63, 3.8) is 0 Å². The van der Waals surface area contributed by atoms with Crippen LogP contribution in [0, 0.1) is 0 Å². The van der Waals surface area contributed by atoms with E-state index in [4.69, 9.17) is 10.3 Å². The van der Waals surface area contributed by atoms with E-state index < -0.39 is 26.7 Å². The van der Waals surface area contributed by atoms with Crippen molar-refractivity contribution < 1.29 is 23.8 Å². The number of hydrogen-bond acceptors (Lipinski definition) is 6. The first-order chi connectivity index (χ1) is 14.5. The molecular weight excluding hydrogens is 425 g/mol. The van der Waals surface area contributed by atoms with Gasteiger partial charge in [-0.05, 0) is 29.5 Å². The summed E-state index contributed by atoms with van der Waals surface area (Å²) in [7, 11) is -2.19. The van der Waals surface area contributed by atoms with Gasteiger partial charge >= 0.3 is 14.1 Å². The molecule has 3 atom stereocenters. The van der Waals surface area contributed by atoms with Crippen LogP contribution >= 0.6 is 19.9 Å². The van der Waals surface area contributed by atoms with Crippen molar-refractivity contribution in [2.24, 2.45) is 5.73 Å². The molecule has 3 unspecified atom stereocenters. The zero-order valence-electron chi connectivity index (χ0n) is 17.1. The normalized spacial score (nSPS) is 19.7. The maximum atomic E-state index is 12.9. The van der Waals surface area contributed by atoms with Crippen molar-refractivity contribution in [2.45, 2.75) is 49.9 Å². The van der Waals surface area contributed by atoms with E-state index in [0.29, 0.717) is 12.4 Å². The van der Waals surface area contributed by atoms with Gasteiger partial charge in [-0.1, -0.05) is 61.1 Å². The number of carboxylic acid groups (broad SMARTS) is 1. The Morgan fingerprint density at radius 3 is 2.53 bits per heavy atom. The van der Waals surface area contributed by atoms with Crippen LogP contribution in [-0.2, 0) is 18.7 Å². The lowest BCUT2D eigenvalue weighted by molar-refractivity contribution is -0.145. The quantitative estimate of drug-likeness (QED) is 0.288. The highest BCUT2D eigenvalue weighted by molar-refractivity contribution is 7.99. The highest BCUT2D eigenvalue weighted by Crippen LogP contribution is 2.38. The predicted octanol–water partition coefficient (Wildman–Crippen LogP) is 3.28. The minimum atomic E-state index is -2.19. The zero-order valence-corrected chi connectivity index (χ0v) is 18.8. The van der Waals surface area contributed by atoms with E-state index in [2.05, 4.69) is 5.09 Å². The summed E-state index contributed by atoms with van der Waals surface area (Å²) < 4.78 is 17.5. The fourth-order valence-electron chi connectivity index (χ4n) is 3.22. The van der Waals surface area contributed by atoms with Crippen LogP contribution in [0.3, 0.4) is 0 Å². The van der Waals surface area contributed by atoms with Crippen LogP contribution in [0.4, 0.5) is 0 Å². The number of aliphatic carboxylic acids is 1. The van der Waals surface area contributed by atoms with Crippen molar-refractivity contribution in [3.8, 4) is 0 Å². The highest BCUT2D eigenvalue weighted by Gasteiger charge is 2.41. The number of carbonyl (C=O) groups excluding carboxylic acids is 1. The van der Waals surface area contributed by atoms with Crippen molar-refractivity contribution in [3.05, 3.63) is 35.9 Å². The molecule has 10 heteroatoms. The largest absolute Gasteiger partial charge is 0.613 e. The smallest absolute Gasteiger partial charge is 0.480 e. The van der Waals surface area contributed by atoms with E-state index in [1.54, 1.807) is 0 Å². The molecule has 2 rings (SSSR count). The summed E-state index contributed by atoms with van der Waals surface area (Å²) in [4.78, 5) is 25.5. The summed E-state index contributed by atoms with van der Waals surface area (Å²) in [5.41, 5.74) is 6.33. The van der Waals surface area contributed by atoms with Gasteiger partial charge in [-0.2, -0.15) is 0 Å². The van der Waals surface area contributed by atoms with Gasteiger partial charge in [0.1, 0.15) is 24.6 Å². The number of nitrogens with one attached hydrogen (secondary N) is 1. The van der Waals surface area contributed by atoms with Gasteiger partial charge in [0, 0.05) is 5.75 Å². The first-order valence-electron chi connectivity index (χ1n) is 10.3. The summed E-state index contributed by atoms with van der Waals surface area (Å²) in [6.07, 6.45) is 6.21. The Morgan fingerprint density at radius 1 is 1.20 bits per heavy atom. The third kappa shape index (κ3) is 8.32. The van der Waals surface area contributed by atoms with Crippen LogP contribution in [0.1, 0.15) is 49.5 Å². The molecule has 4 N–H and O–H groups in total. The second-order valence-corrected chi connectivity index (χ2v) is 9.28. The van der Waals surface area contributed by atoms with Gasteiger partial charge in [0.15, 0.2) is 0 Å². The van der Waals surface area contributed by atoms with Crippen LogP contribution in [-0.4, -0.2) is 53.4 Å². The van der Waals surface area contributed by atoms with Crippen molar-refractivity contribution in [2.75, 3.05) is 25.4 Å². The van der Waals surface area contributed by atoms with E-state index in [0.717, 1.165) is 50.6 Å². The molecular formula is C20H31N3O5PS+. The highest BCUT2D eigenvalue weighted by atomic mass is 32.2. The van der Waals surface area contributed by atoms with Gasteiger partial charge in [-0.15, -0.1) is 16.3 Å². The number of amides is 1. The molecule has 1 saturated heterocycles. The maximum absolute atomic E-state index is 12.9. The minimum Gasteiger partial charge on any atom is -0.480 e. The fraction of sp³-hybridized carbons (Fsp3) is 0.600. The van der Waals surface area contributed by atoms with Crippen LogP contribution in [0.25, 0.3) is 0 Å². The Kier molecular flexibility index (Phi) is 11.3. The molecule has 1 amide bonds. The molecule has 0 saturated carbocycles. The zero-order chi connectivity index (χ0) is 21.8. The molecule has 0 radical (unpaired) electrons. The van der Waals surface area contributed by atoms with Gasteiger partial charge in [0.25, 0.3) is 0 Å². The lowest BCUT2D eigenvalue weighted by Gasteiger charge is -2.36. The van der Waals surface area contributed by atoms with Gasteiger partial charge in [-0.25, -0.2) is 0 Å². The molecule has 1 aliphatic heterocycles. The molecule has 1 aromatic carbocycles. The molecule has 0 spiro atoms. The average Bonchev–Trinajstić information content (AvgIpc) is 2.73. The Hall–Kier alpha value is -1.51. The fourth-order valence-corrected chi connectivity index (χ4v) is 5.48. The Morgan fingerprint density at radius 2 is 1.87 bits per heavy atom. The molecule has 1 aliphatic rings. The number of benzene rings is 1. The number of carboxylic acids is 1. The first kappa shape index (κ1) is 24.8. The summed E-state index contributed by atoms with van der Waals surface area (Å²) in [6, 6.07) is 8.57. The SMILES string of the molecule is NCCCCCCCCO[P+](=O)NC1CSC(c2ccccc2)N(CC(=O)O)C1=O. The van der Waals surface area contributed by atoms with E-state index in [1.807, 2.05) is 30.3 Å². The number of unbranched alkanes of at least 4 members (excludes halogenated alkanes) is 5. The van der Waals surface area contributed by atoms with E-state index in [-0.39, 0.29) is 11.3 Å². The molecule has 8 nitrogen and oxygen atoms in total. The number of hydrogen-bond donors (Lipinski definition) is 3. The maximum Gasteiger partial charge on any atom is 0.613 e. The third-order valence-corrected chi connectivity index (χ3v) is 7.05. The Balaban J connectivity index is 1.80. The molecule has 0 aliphatic carbocycles. The topological polar surface area (TPSA) is 122 Å². The number of rotatable bonds is 14. The predicted molar refractivity (Wildman–Crippen MR) is 118 cm³/mol. The number of carbonyl (C=O) groups is 2. The second kappa shape index (κ2) is 13.7. The van der Waals surface area contributed by atoms with E-state index in [9.17, 15) is 19.3 Å². The van der Waals surface area contributed by atoms with Crippen LogP contribution in [0.15, 0.2) is 30.3 Å². The van der Waals surface area contributed by atoms with Crippen LogP contribution in [0.5, 0.6) is 0 Å². The number of nitrogens with two attached hydrogens (primary N) is 1. The summed E-state index contributed by atoms with van der Waals surface area (Å²) in [5, 5.41) is 11.6. The summed E-state index contributed by atoms with van der Waals surface area (Å²) >= 11 is 1.45. The van der Waals surface area contributed by atoms with Crippen LogP contribution in [0.2, 0.25) is 0 Å². The standard InChI is InChI=1S/C20H30N3O5PS/c21-12-8-3-1-2-4-9-13-28-29(27)22-17-15-30-20(16-10-6-5-7-11-16)23(19(17)26)14-18(24)25/h5-7,10-11,17,20H,1-4,8-9,12-15,21H2,(H-,22,24,25,27)/p+1. The van der Waals surface area contributed by atoms with Crippen LogP contribution < -0.4 is 10.8 Å². The second-order valence-electron chi connectivity index (χ2n) is 7.14. The lowest BCUT2D eigenvalue weighted by Crippen LogP contribution is -2.52. The summed E-state index contributed by atoms with van der Waals surface area (Å²) in [6.45, 7) is 0.674. The van der Waals surface area contributed by atoms with Crippen molar-refractivity contribution in [1.82, 2.24) is 9.99 Å². The van der Waals surface area contributed by atoms with Gasteiger partial charge < -0.3 is 15.7 Å². The molecule has 30 heavy (non-hydrogen) atoms. The number of nitrogens with zero attached hydrogens (tertiary/aromatic N) is 1. The molecule has 1 heterocycles. The average molecular weight is 457 g/mol. The Labute approximate surface area is 182 Å². The molecule has 166 valence electrons. The van der Waals surface area contributed by atoms with Gasteiger partial charge in [-0.3, -0.25) is 9.59 Å². The Bertz CT molecular complexity index is 694. The third-order valence-electron chi connectivity index (χ3n) is 4.74. The lowest BCUT2D eigenvalue weighted by atomic mass is 10.1. The number of thioether (sulfide) groups is 1. The monoisotopic (exact) mass is 456 g/mol. The van der Waals surface area contributed by atoms with E-state index >= 15 is 0 Å². The van der Waals surface area contributed by atoms with E-state index in [1.165, 1.54) is 16.7 Å². The van der Waals surface area contributed by atoms with Gasteiger partial charge in [0.2, 0.25) is 5.91 Å². The molecule has 0 bridgehead atoms.